The molecule has 0 aliphatic heterocycles. The van der Waals surface area contributed by atoms with Crippen molar-refractivity contribution < 1.29 is 17.9 Å². The van der Waals surface area contributed by atoms with Gasteiger partial charge >= 0.3 is 6.18 Å². The lowest BCUT2D eigenvalue weighted by atomic mass is 10.0. The highest BCUT2D eigenvalue weighted by Gasteiger charge is 2.34. The van der Waals surface area contributed by atoms with Crippen molar-refractivity contribution in [3.05, 3.63) is 77.0 Å². The molecule has 33 heavy (non-hydrogen) atoms. The second-order valence-corrected chi connectivity index (χ2v) is 6.66. The highest BCUT2D eigenvalue weighted by Crippen LogP contribution is 2.34. The first-order valence-corrected chi connectivity index (χ1v) is 11.1. The molecule has 2 aromatic rings. The number of allylic oxidation sites excluding steroid dienone is 1. The van der Waals surface area contributed by atoms with Gasteiger partial charge < -0.3 is 26.8 Å². The molecular formula is C25H39F3N4O. The Morgan fingerprint density at radius 1 is 1.06 bits per heavy atom. The van der Waals surface area contributed by atoms with Gasteiger partial charge in [-0.1, -0.05) is 63.2 Å². The molecule has 0 amide bonds. The largest absolute Gasteiger partial charge is 0.416 e. The highest BCUT2D eigenvalue weighted by atomic mass is 19.4. The Kier molecular flexibility index (Phi) is 15.7. The maximum atomic E-state index is 13.3. The summed E-state index contributed by atoms with van der Waals surface area (Å²) in [5.41, 5.74) is 12.5. The van der Waals surface area contributed by atoms with Crippen LogP contribution in [-0.4, -0.2) is 27.3 Å². The molecule has 0 saturated carbocycles. The van der Waals surface area contributed by atoms with E-state index in [2.05, 4.69) is 23.3 Å². The molecular weight excluding hydrogens is 429 g/mol. The molecule has 6 N–H and O–H groups in total. The molecule has 1 unspecified atom stereocenters. The van der Waals surface area contributed by atoms with Crippen molar-refractivity contribution in [2.75, 3.05) is 32.6 Å². The zero-order valence-corrected chi connectivity index (χ0v) is 20.3. The Balaban J connectivity index is 0.00000242. The molecule has 0 bridgehead atoms. The summed E-state index contributed by atoms with van der Waals surface area (Å²) in [5.74, 6) is 0. The molecule has 0 fully saturated rings. The smallest absolute Gasteiger partial charge is 0.387 e. The summed E-state index contributed by atoms with van der Waals surface area (Å²) in [7, 11) is 3.13. The number of halogens is 3. The summed E-state index contributed by atoms with van der Waals surface area (Å²) in [6.45, 7) is 7.39. The van der Waals surface area contributed by atoms with Crippen LogP contribution in [-0.2, 0) is 17.3 Å². The van der Waals surface area contributed by atoms with Gasteiger partial charge in [-0.3, -0.25) is 0 Å². The fraction of sp³-hybridized carbons (Fsp3) is 0.440. The van der Waals surface area contributed by atoms with Crippen molar-refractivity contribution in [2.24, 2.45) is 11.5 Å². The minimum Gasteiger partial charge on any atom is -0.387 e. The summed E-state index contributed by atoms with van der Waals surface area (Å²) in [4.78, 5) is 0. The Morgan fingerprint density at radius 3 is 2.27 bits per heavy atom. The van der Waals surface area contributed by atoms with Gasteiger partial charge in [-0.2, -0.15) is 13.2 Å². The summed E-state index contributed by atoms with van der Waals surface area (Å²) >= 11 is 0. The molecule has 0 aromatic heterocycles. The fourth-order valence-corrected chi connectivity index (χ4v) is 2.97. The number of hydrogen-bond donors (Lipinski definition) is 4. The molecule has 0 aliphatic carbocycles. The number of alkyl halides is 3. The van der Waals surface area contributed by atoms with E-state index in [1.807, 2.05) is 44.2 Å². The van der Waals surface area contributed by atoms with Gasteiger partial charge in [-0.05, 0) is 37.6 Å². The molecule has 0 radical (unpaired) electrons. The number of para-hydroxylation sites is 1. The van der Waals surface area contributed by atoms with Crippen LogP contribution in [0.5, 0.6) is 0 Å². The first-order valence-electron chi connectivity index (χ1n) is 11.1. The second kappa shape index (κ2) is 17.0. The van der Waals surface area contributed by atoms with E-state index in [0.29, 0.717) is 18.7 Å². The Bertz CT molecular complexity index is 810. The van der Waals surface area contributed by atoms with E-state index in [1.54, 1.807) is 13.2 Å². The van der Waals surface area contributed by atoms with Gasteiger partial charge in [-0.15, -0.1) is 0 Å². The van der Waals surface area contributed by atoms with E-state index in [-0.39, 0.29) is 5.56 Å². The van der Waals surface area contributed by atoms with Crippen LogP contribution < -0.4 is 22.1 Å². The predicted octanol–water partition coefficient (Wildman–Crippen LogP) is 5.45. The zero-order valence-electron chi connectivity index (χ0n) is 20.3. The fourth-order valence-electron chi connectivity index (χ4n) is 2.97. The van der Waals surface area contributed by atoms with Gasteiger partial charge in [0.25, 0.3) is 0 Å². The predicted molar refractivity (Wildman–Crippen MR) is 132 cm³/mol. The molecule has 0 spiro atoms. The normalized spacial score (nSPS) is 12.0. The third-order valence-electron chi connectivity index (χ3n) is 4.40. The van der Waals surface area contributed by atoms with Crippen LogP contribution in [0.1, 0.15) is 50.0 Å². The maximum Gasteiger partial charge on any atom is 0.416 e. The summed E-state index contributed by atoms with van der Waals surface area (Å²) in [6, 6.07) is 12.8. The first kappa shape index (κ1) is 30.4. The minimum atomic E-state index is -4.46. The molecule has 0 heterocycles. The van der Waals surface area contributed by atoms with E-state index >= 15 is 0 Å². The van der Waals surface area contributed by atoms with Gasteiger partial charge in [0, 0.05) is 30.6 Å². The van der Waals surface area contributed by atoms with Crippen molar-refractivity contribution in [1.82, 2.24) is 5.32 Å². The highest BCUT2D eigenvalue weighted by molar-refractivity contribution is 5.54. The van der Waals surface area contributed by atoms with Gasteiger partial charge in [0.15, 0.2) is 0 Å². The van der Waals surface area contributed by atoms with Crippen molar-refractivity contribution in [2.45, 2.75) is 46.0 Å². The van der Waals surface area contributed by atoms with Gasteiger partial charge in [0.05, 0.1) is 12.2 Å². The van der Waals surface area contributed by atoms with Crippen LogP contribution >= 0.6 is 0 Å². The van der Waals surface area contributed by atoms with Crippen molar-refractivity contribution in [3.63, 3.8) is 0 Å². The van der Waals surface area contributed by atoms with E-state index in [4.69, 9.17) is 10.5 Å². The van der Waals surface area contributed by atoms with Crippen molar-refractivity contribution in [1.29, 1.82) is 0 Å². The van der Waals surface area contributed by atoms with Crippen molar-refractivity contribution in [3.8, 4) is 0 Å². The topological polar surface area (TPSA) is 85.3 Å². The number of methoxy groups -OCH3 is 1. The summed E-state index contributed by atoms with van der Waals surface area (Å²) < 4.78 is 45.1. The average molecular weight is 469 g/mol. The molecule has 2 rings (SSSR count). The lowest BCUT2D eigenvalue weighted by molar-refractivity contribution is -0.138. The standard InChI is InChI=1S/C22H28F3N3O.C2H6.CH5N/c1-3-14-27-17(15-29-2)13-12-16-8-4-7-11-20(16)28-21(26)18-9-5-6-10-19(18)22(23,24)25;2*1-2/h4-11,13,21,27-28H,3,12,14-15,26H2,1-2H3;1-2H3;2H2,1H3/b17-13-;;. The van der Waals surface area contributed by atoms with Crippen LogP contribution in [0.15, 0.2) is 60.3 Å². The van der Waals surface area contributed by atoms with E-state index in [1.165, 1.54) is 19.2 Å². The van der Waals surface area contributed by atoms with Crippen LogP contribution in [0.3, 0.4) is 0 Å². The van der Waals surface area contributed by atoms with Gasteiger partial charge in [0.1, 0.15) is 6.17 Å². The number of benzene rings is 2. The second-order valence-electron chi connectivity index (χ2n) is 6.66. The molecule has 186 valence electrons. The molecule has 1 atom stereocenters. The van der Waals surface area contributed by atoms with E-state index in [0.717, 1.165) is 30.3 Å². The molecule has 8 heteroatoms. The zero-order chi connectivity index (χ0) is 25.3. The van der Waals surface area contributed by atoms with Crippen LogP contribution in [0.25, 0.3) is 0 Å². The number of nitrogens with two attached hydrogens (primary N) is 2. The minimum absolute atomic E-state index is 0.00929. The quantitative estimate of drug-likeness (QED) is 0.349. The Morgan fingerprint density at radius 2 is 1.67 bits per heavy atom. The average Bonchev–Trinajstić information content (AvgIpc) is 2.83. The lowest BCUT2D eigenvalue weighted by Gasteiger charge is -2.21. The first-order chi connectivity index (χ1) is 15.9. The molecule has 0 saturated heterocycles. The summed E-state index contributed by atoms with van der Waals surface area (Å²) in [5, 5.41) is 6.35. The third kappa shape index (κ3) is 10.7. The van der Waals surface area contributed by atoms with Gasteiger partial charge in [-0.25, -0.2) is 0 Å². The monoisotopic (exact) mass is 468 g/mol. The van der Waals surface area contributed by atoms with Gasteiger partial charge in [0.2, 0.25) is 0 Å². The van der Waals surface area contributed by atoms with Crippen LogP contribution in [0.4, 0.5) is 18.9 Å². The Labute approximate surface area is 196 Å². The number of rotatable bonds is 10. The van der Waals surface area contributed by atoms with E-state index in [9.17, 15) is 13.2 Å². The molecule has 5 nitrogen and oxygen atoms in total. The summed E-state index contributed by atoms with van der Waals surface area (Å²) in [6.07, 6.45) is -1.85. The van der Waals surface area contributed by atoms with Crippen LogP contribution in [0, 0.1) is 0 Å². The van der Waals surface area contributed by atoms with Crippen LogP contribution in [0.2, 0.25) is 0 Å². The number of hydrogen-bond acceptors (Lipinski definition) is 5. The number of anilines is 1. The lowest BCUT2D eigenvalue weighted by Crippen LogP contribution is -2.24. The SMILES string of the molecule is CC.CCCN/C(=C\Cc1ccccc1NC(N)c1ccccc1C(F)(F)F)COC.CN. The van der Waals surface area contributed by atoms with Crippen molar-refractivity contribution >= 4 is 5.69 Å². The molecule has 0 aliphatic rings. The number of nitrogens with one attached hydrogen (secondary N) is 2. The third-order valence-corrected chi connectivity index (χ3v) is 4.40. The molecule has 2 aromatic carbocycles. The maximum absolute atomic E-state index is 13.3. The van der Waals surface area contributed by atoms with E-state index < -0.39 is 17.9 Å². The Hall–Kier alpha value is -2.55. The number of ether oxygens (including phenoxy) is 1.